The van der Waals surface area contributed by atoms with E-state index in [0.29, 0.717) is 6.04 Å². The van der Waals surface area contributed by atoms with E-state index in [9.17, 15) is 0 Å². The second-order valence-electron chi connectivity index (χ2n) is 7.54. The smallest absolute Gasteiger partial charge is 0.119 e. The molecule has 4 nitrogen and oxygen atoms in total. The van der Waals surface area contributed by atoms with Crippen LogP contribution in [0.3, 0.4) is 0 Å². The Morgan fingerprint density at radius 1 is 1.18 bits per heavy atom. The molecule has 0 unspecified atom stereocenters. The van der Waals surface area contributed by atoms with E-state index < -0.39 is 0 Å². The fourth-order valence-corrected chi connectivity index (χ4v) is 4.91. The van der Waals surface area contributed by atoms with Gasteiger partial charge in [0.1, 0.15) is 5.75 Å². The second kappa shape index (κ2) is 8.41. The summed E-state index contributed by atoms with van der Waals surface area (Å²) in [5.74, 6) is 0.908. The fraction of sp³-hybridized carbons (Fsp3) is 0.391. The van der Waals surface area contributed by atoms with Gasteiger partial charge in [-0.2, -0.15) is 0 Å². The summed E-state index contributed by atoms with van der Waals surface area (Å²) in [4.78, 5) is 13.2. The van der Waals surface area contributed by atoms with Crippen molar-refractivity contribution in [2.75, 3.05) is 13.7 Å². The lowest BCUT2D eigenvalue weighted by Gasteiger charge is -2.24. The molecule has 3 aromatic rings. The molecular weight excluding hydrogens is 366 g/mol. The molecular formula is C23H27N3OS. The largest absolute Gasteiger partial charge is 0.497 e. The minimum atomic E-state index is 0.395. The Kier molecular flexibility index (Phi) is 5.74. The topological polar surface area (TPSA) is 38.2 Å². The van der Waals surface area contributed by atoms with E-state index in [-0.39, 0.29) is 0 Å². The summed E-state index contributed by atoms with van der Waals surface area (Å²) in [6, 6.07) is 13.2. The van der Waals surface area contributed by atoms with Gasteiger partial charge in [-0.25, -0.2) is 4.98 Å². The number of pyridine rings is 1. The molecule has 0 amide bonds. The fourth-order valence-electron chi connectivity index (χ4n) is 4.09. The maximum Gasteiger partial charge on any atom is 0.119 e. The molecule has 1 aromatic carbocycles. The van der Waals surface area contributed by atoms with Gasteiger partial charge in [0.15, 0.2) is 0 Å². The number of likely N-dealkylation sites (tertiary alicyclic amines) is 1. The summed E-state index contributed by atoms with van der Waals surface area (Å²) in [6.07, 6.45) is 5.32. The predicted octanol–water partition coefficient (Wildman–Crippen LogP) is 5.09. The summed E-state index contributed by atoms with van der Waals surface area (Å²) in [6.45, 7) is 6.27. The van der Waals surface area contributed by atoms with Gasteiger partial charge in [0.05, 0.1) is 23.9 Å². The minimum absolute atomic E-state index is 0.395. The van der Waals surface area contributed by atoms with Gasteiger partial charge < -0.3 is 4.74 Å². The molecule has 1 aliphatic heterocycles. The molecule has 3 heterocycles. The number of hydrogen-bond donors (Lipinski definition) is 0. The van der Waals surface area contributed by atoms with Crippen LogP contribution < -0.4 is 4.74 Å². The molecule has 0 N–H and O–H groups in total. The Hall–Kier alpha value is -2.24. The SMILES string of the molecule is COc1cccc(Cc2cc(C)nc([C@@H]3CCCN3Cc3cnc(C)s3)c2)c1. The molecule has 1 fully saturated rings. The summed E-state index contributed by atoms with van der Waals surface area (Å²) >= 11 is 1.80. The third-order valence-electron chi connectivity index (χ3n) is 5.31. The first-order valence-corrected chi connectivity index (χ1v) is 10.7. The first kappa shape index (κ1) is 19.1. The number of nitrogens with zero attached hydrogens (tertiary/aromatic N) is 3. The van der Waals surface area contributed by atoms with Gasteiger partial charge in [-0.05, 0) is 75.0 Å². The molecule has 4 rings (SSSR count). The highest BCUT2D eigenvalue weighted by Crippen LogP contribution is 2.34. The van der Waals surface area contributed by atoms with Gasteiger partial charge in [0, 0.05) is 23.3 Å². The maximum atomic E-state index is 5.37. The monoisotopic (exact) mass is 393 g/mol. The van der Waals surface area contributed by atoms with Crippen LogP contribution in [0.4, 0.5) is 0 Å². The number of methoxy groups -OCH3 is 1. The lowest BCUT2D eigenvalue weighted by molar-refractivity contribution is 0.246. The summed E-state index contributed by atoms with van der Waals surface area (Å²) in [5, 5.41) is 1.14. The standard InChI is InChI=1S/C23H27N3OS/c1-16-10-19(11-18-6-4-7-20(12-18)27-3)13-22(25-16)23-8-5-9-26(23)15-21-14-24-17(2)28-21/h4,6-7,10,12-14,23H,5,8-9,11,15H2,1-3H3/t23-/m0/s1. The summed E-state index contributed by atoms with van der Waals surface area (Å²) in [5.41, 5.74) is 4.88. The molecule has 0 saturated carbocycles. The highest BCUT2D eigenvalue weighted by atomic mass is 32.1. The number of ether oxygens (including phenoxy) is 1. The van der Waals surface area contributed by atoms with Gasteiger partial charge in [0.2, 0.25) is 0 Å². The van der Waals surface area contributed by atoms with Gasteiger partial charge in [0.25, 0.3) is 0 Å². The molecule has 146 valence electrons. The van der Waals surface area contributed by atoms with Crippen molar-refractivity contribution in [2.24, 2.45) is 0 Å². The van der Waals surface area contributed by atoms with Crippen LogP contribution in [0.25, 0.3) is 0 Å². The number of rotatable bonds is 6. The van der Waals surface area contributed by atoms with Crippen LogP contribution in [0.15, 0.2) is 42.6 Å². The van der Waals surface area contributed by atoms with E-state index in [1.54, 1.807) is 18.4 Å². The van der Waals surface area contributed by atoms with Crippen LogP contribution in [0, 0.1) is 13.8 Å². The number of thiazole rings is 1. The molecule has 1 atom stereocenters. The summed E-state index contributed by atoms with van der Waals surface area (Å²) < 4.78 is 5.37. The van der Waals surface area contributed by atoms with E-state index in [1.807, 2.05) is 12.3 Å². The molecule has 1 aliphatic rings. The van der Waals surface area contributed by atoms with Crippen LogP contribution in [-0.2, 0) is 13.0 Å². The van der Waals surface area contributed by atoms with Crippen LogP contribution in [0.1, 0.15) is 51.3 Å². The van der Waals surface area contributed by atoms with Gasteiger partial charge in [-0.15, -0.1) is 11.3 Å². The van der Waals surface area contributed by atoms with E-state index in [4.69, 9.17) is 9.72 Å². The Balaban J connectivity index is 1.55. The number of benzene rings is 1. The predicted molar refractivity (Wildman–Crippen MR) is 114 cm³/mol. The molecule has 2 aromatic heterocycles. The molecule has 5 heteroatoms. The van der Waals surface area contributed by atoms with Crippen molar-refractivity contribution in [3.05, 3.63) is 75.0 Å². The van der Waals surface area contributed by atoms with E-state index in [2.05, 4.69) is 54.1 Å². The lowest BCUT2D eigenvalue weighted by Crippen LogP contribution is -2.23. The Morgan fingerprint density at radius 2 is 2.07 bits per heavy atom. The van der Waals surface area contributed by atoms with Crippen LogP contribution >= 0.6 is 11.3 Å². The third kappa shape index (κ3) is 4.42. The Morgan fingerprint density at radius 3 is 2.86 bits per heavy atom. The van der Waals surface area contributed by atoms with Crippen molar-refractivity contribution >= 4 is 11.3 Å². The summed E-state index contributed by atoms with van der Waals surface area (Å²) in [7, 11) is 1.72. The number of hydrogen-bond acceptors (Lipinski definition) is 5. The highest BCUT2D eigenvalue weighted by Gasteiger charge is 2.28. The lowest BCUT2D eigenvalue weighted by atomic mass is 10.0. The molecule has 0 bridgehead atoms. The van der Waals surface area contributed by atoms with E-state index >= 15 is 0 Å². The van der Waals surface area contributed by atoms with Crippen molar-refractivity contribution in [3.63, 3.8) is 0 Å². The van der Waals surface area contributed by atoms with Crippen LogP contribution in [-0.4, -0.2) is 28.5 Å². The molecule has 0 aliphatic carbocycles. The maximum absolute atomic E-state index is 5.37. The zero-order chi connectivity index (χ0) is 19.5. The Bertz CT molecular complexity index is 953. The van der Waals surface area contributed by atoms with Crippen LogP contribution in [0.5, 0.6) is 5.75 Å². The van der Waals surface area contributed by atoms with E-state index in [0.717, 1.165) is 36.0 Å². The first-order chi connectivity index (χ1) is 13.6. The molecule has 0 spiro atoms. The highest BCUT2D eigenvalue weighted by molar-refractivity contribution is 7.11. The van der Waals surface area contributed by atoms with Crippen molar-refractivity contribution < 1.29 is 4.74 Å². The molecule has 0 radical (unpaired) electrons. The first-order valence-electron chi connectivity index (χ1n) is 9.86. The molecule has 1 saturated heterocycles. The quantitative estimate of drug-likeness (QED) is 0.585. The van der Waals surface area contributed by atoms with Crippen LogP contribution in [0.2, 0.25) is 0 Å². The van der Waals surface area contributed by atoms with Crippen molar-refractivity contribution in [1.29, 1.82) is 0 Å². The average molecular weight is 394 g/mol. The van der Waals surface area contributed by atoms with Crippen molar-refractivity contribution in [1.82, 2.24) is 14.9 Å². The Labute approximate surface area is 171 Å². The minimum Gasteiger partial charge on any atom is -0.497 e. The number of aromatic nitrogens is 2. The average Bonchev–Trinajstić information content (AvgIpc) is 3.30. The van der Waals surface area contributed by atoms with E-state index in [1.165, 1.54) is 34.5 Å². The zero-order valence-electron chi connectivity index (χ0n) is 16.8. The van der Waals surface area contributed by atoms with Gasteiger partial charge in [-0.3, -0.25) is 9.88 Å². The normalized spacial score (nSPS) is 17.2. The van der Waals surface area contributed by atoms with Crippen molar-refractivity contribution in [2.45, 2.75) is 45.7 Å². The third-order valence-corrected chi connectivity index (χ3v) is 6.21. The molecule has 28 heavy (non-hydrogen) atoms. The van der Waals surface area contributed by atoms with Gasteiger partial charge >= 0.3 is 0 Å². The van der Waals surface area contributed by atoms with Gasteiger partial charge in [-0.1, -0.05) is 12.1 Å². The van der Waals surface area contributed by atoms with Crippen molar-refractivity contribution in [3.8, 4) is 5.75 Å². The second-order valence-corrected chi connectivity index (χ2v) is 8.86. The number of aryl methyl sites for hydroxylation is 2. The zero-order valence-corrected chi connectivity index (χ0v) is 17.6.